The number of halogens is 1. The van der Waals surface area contributed by atoms with Gasteiger partial charge in [-0.25, -0.2) is 13.4 Å². The number of thiophene rings is 1. The fraction of sp³-hybridized carbons (Fsp3) is 0.158. The monoisotopic (exact) mass is 483 g/mol. The molecule has 0 aliphatic rings. The van der Waals surface area contributed by atoms with Crippen molar-refractivity contribution in [3.63, 3.8) is 0 Å². The van der Waals surface area contributed by atoms with Crippen molar-refractivity contribution in [2.45, 2.75) is 14.1 Å². The largest absolute Gasteiger partial charge is 0.383 e. The van der Waals surface area contributed by atoms with Crippen molar-refractivity contribution in [3.05, 3.63) is 64.6 Å². The number of amides is 1. The maximum atomic E-state index is 12.3. The summed E-state index contributed by atoms with van der Waals surface area (Å²) in [5.41, 5.74) is 0.911. The van der Waals surface area contributed by atoms with Gasteiger partial charge in [-0.05, 0) is 48.5 Å². The number of benzene rings is 1. The number of carbonyl (C=O) groups is 1. The first-order valence-electron chi connectivity index (χ1n) is 8.66. The average molecular weight is 484 g/mol. The first kappa shape index (κ1) is 22.6. The molecule has 0 fully saturated rings. The summed E-state index contributed by atoms with van der Waals surface area (Å²) in [5.74, 6) is -0.209. The number of hydrogen-bond donors (Lipinski definition) is 2. The van der Waals surface area contributed by atoms with Gasteiger partial charge in [-0.1, -0.05) is 23.4 Å². The number of nitrogens with zero attached hydrogens (tertiary/aromatic N) is 1. The molecule has 0 aliphatic carbocycles. The van der Waals surface area contributed by atoms with Gasteiger partial charge < -0.3 is 10.1 Å². The van der Waals surface area contributed by atoms with Gasteiger partial charge in [0, 0.05) is 30.4 Å². The van der Waals surface area contributed by atoms with Gasteiger partial charge in [-0.3, -0.25) is 9.52 Å². The van der Waals surface area contributed by atoms with Crippen molar-refractivity contribution in [1.29, 1.82) is 0 Å². The lowest BCUT2D eigenvalue weighted by atomic mass is 10.3. The fourth-order valence-corrected chi connectivity index (χ4v) is 5.60. The van der Waals surface area contributed by atoms with Gasteiger partial charge in [0.1, 0.15) is 9.24 Å². The summed E-state index contributed by atoms with van der Waals surface area (Å²) >= 11 is 8.21. The topological polar surface area (TPSA) is 97.4 Å². The van der Waals surface area contributed by atoms with E-state index in [9.17, 15) is 13.2 Å². The normalized spacial score (nSPS) is 11.3. The number of hydrogen-bond acceptors (Lipinski definition) is 7. The zero-order valence-corrected chi connectivity index (χ0v) is 19.0. The minimum absolute atomic E-state index is 0.154. The molecule has 0 bridgehead atoms. The predicted molar refractivity (Wildman–Crippen MR) is 119 cm³/mol. The van der Waals surface area contributed by atoms with E-state index >= 15 is 0 Å². The Morgan fingerprint density at radius 3 is 2.53 bits per heavy atom. The average Bonchev–Trinajstić information content (AvgIpc) is 3.17. The molecule has 2 aromatic heterocycles. The molecule has 3 aromatic rings. The van der Waals surface area contributed by atoms with Crippen LogP contribution in [-0.4, -0.2) is 39.6 Å². The second-order valence-electron chi connectivity index (χ2n) is 5.92. The summed E-state index contributed by atoms with van der Waals surface area (Å²) < 4.78 is 32.7. The Morgan fingerprint density at radius 2 is 1.93 bits per heavy atom. The molecule has 1 aromatic carbocycles. The molecule has 0 saturated heterocycles. The van der Waals surface area contributed by atoms with Gasteiger partial charge in [0.2, 0.25) is 0 Å². The van der Waals surface area contributed by atoms with Crippen molar-refractivity contribution < 1.29 is 17.9 Å². The maximum Gasteiger partial charge on any atom is 0.271 e. The van der Waals surface area contributed by atoms with Crippen molar-refractivity contribution in [2.75, 3.05) is 25.0 Å². The van der Waals surface area contributed by atoms with E-state index in [4.69, 9.17) is 16.3 Å². The minimum Gasteiger partial charge on any atom is -0.383 e. The number of carbonyl (C=O) groups excluding carboxylic acids is 1. The summed E-state index contributed by atoms with van der Waals surface area (Å²) in [5, 5.41) is 3.45. The number of nitrogens with one attached hydrogen (secondary N) is 2. The first-order valence-corrected chi connectivity index (χ1v) is 12.2. The van der Waals surface area contributed by atoms with Crippen LogP contribution in [0.25, 0.3) is 0 Å². The third-order valence-corrected chi connectivity index (χ3v) is 7.80. The Bertz CT molecular complexity index is 1100. The van der Waals surface area contributed by atoms with E-state index in [1.807, 2.05) is 0 Å². The van der Waals surface area contributed by atoms with E-state index in [0.29, 0.717) is 33.8 Å². The lowest BCUT2D eigenvalue weighted by Crippen LogP contribution is -2.26. The lowest BCUT2D eigenvalue weighted by molar-refractivity contribution is 0.0936. The van der Waals surface area contributed by atoms with E-state index < -0.39 is 10.0 Å². The molecule has 158 valence electrons. The Kier molecular flexibility index (Phi) is 7.73. The van der Waals surface area contributed by atoms with Crippen molar-refractivity contribution in [3.8, 4) is 0 Å². The number of anilines is 1. The highest BCUT2D eigenvalue weighted by atomic mass is 35.5. The van der Waals surface area contributed by atoms with Crippen LogP contribution in [0.3, 0.4) is 0 Å². The van der Waals surface area contributed by atoms with Crippen molar-refractivity contribution >= 4 is 56.3 Å². The van der Waals surface area contributed by atoms with E-state index in [1.54, 1.807) is 49.6 Å². The SMILES string of the molecule is COCCNC(=O)c1ccc(Sc2ccc(NS(=O)(=O)c3ccc(Cl)s3)cc2)nc1. The van der Waals surface area contributed by atoms with Gasteiger partial charge in [0.15, 0.2) is 0 Å². The molecule has 7 nitrogen and oxygen atoms in total. The zero-order valence-electron chi connectivity index (χ0n) is 15.8. The van der Waals surface area contributed by atoms with E-state index in [0.717, 1.165) is 16.2 Å². The van der Waals surface area contributed by atoms with Gasteiger partial charge in [0.25, 0.3) is 15.9 Å². The highest BCUT2D eigenvalue weighted by Gasteiger charge is 2.16. The number of aromatic nitrogens is 1. The number of rotatable bonds is 9. The van der Waals surface area contributed by atoms with Crippen molar-refractivity contribution in [1.82, 2.24) is 10.3 Å². The zero-order chi connectivity index (χ0) is 21.6. The van der Waals surface area contributed by atoms with Gasteiger partial charge in [-0.15, -0.1) is 11.3 Å². The quantitative estimate of drug-likeness (QED) is 0.444. The van der Waals surface area contributed by atoms with Crippen molar-refractivity contribution in [2.24, 2.45) is 0 Å². The van der Waals surface area contributed by atoms with Crippen LogP contribution in [-0.2, 0) is 14.8 Å². The highest BCUT2D eigenvalue weighted by Crippen LogP contribution is 2.29. The molecule has 0 radical (unpaired) electrons. The van der Waals surface area contributed by atoms with Gasteiger partial charge in [-0.2, -0.15) is 0 Å². The number of pyridine rings is 1. The molecule has 2 N–H and O–H groups in total. The van der Waals surface area contributed by atoms with Crippen LogP contribution in [0.2, 0.25) is 4.34 Å². The first-order chi connectivity index (χ1) is 14.4. The van der Waals surface area contributed by atoms with Crippen LogP contribution in [0.4, 0.5) is 5.69 Å². The number of ether oxygens (including phenoxy) is 1. The van der Waals surface area contributed by atoms with Crippen LogP contribution in [0, 0.1) is 0 Å². The van der Waals surface area contributed by atoms with E-state index in [-0.39, 0.29) is 10.1 Å². The Morgan fingerprint density at radius 1 is 1.17 bits per heavy atom. The highest BCUT2D eigenvalue weighted by molar-refractivity contribution is 7.99. The molecular weight excluding hydrogens is 466 g/mol. The number of methoxy groups -OCH3 is 1. The summed E-state index contributed by atoms with van der Waals surface area (Å²) in [6.07, 6.45) is 1.51. The molecule has 0 saturated carbocycles. The second-order valence-corrected chi connectivity index (χ2v) is 10.6. The molecule has 0 atom stereocenters. The molecular formula is C19H18ClN3O4S3. The number of sulfonamides is 1. The molecule has 11 heteroatoms. The van der Waals surface area contributed by atoms with Crippen LogP contribution in [0.1, 0.15) is 10.4 Å². The summed E-state index contributed by atoms with van der Waals surface area (Å²) in [4.78, 5) is 17.1. The van der Waals surface area contributed by atoms with E-state index in [2.05, 4.69) is 15.0 Å². The molecule has 30 heavy (non-hydrogen) atoms. The molecule has 1 amide bonds. The standard InChI is InChI=1S/C19H18ClN3O4S3/c1-27-11-10-21-19(24)13-2-8-17(22-12-13)28-15-5-3-14(4-6-15)23-30(25,26)18-9-7-16(20)29-18/h2-9,12,23H,10-11H2,1H3,(H,21,24). The van der Waals surface area contributed by atoms with Crippen LogP contribution >= 0.6 is 34.7 Å². The molecule has 0 spiro atoms. The smallest absolute Gasteiger partial charge is 0.271 e. The lowest BCUT2D eigenvalue weighted by Gasteiger charge is -2.08. The van der Waals surface area contributed by atoms with Crippen LogP contribution < -0.4 is 10.0 Å². The molecule has 0 unspecified atom stereocenters. The third-order valence-electron chi connectivity index (χ3n) is 3.73. The third kappa shape index (κ3) is 6.19. The predicted octanol–water partition coefficient (Wildman–Crippen LogP) is 4.12. The Hall–Kier alpha value is -2.11. The van der Waals surface area contributed by atoms with E-state index in [1.165, 1.54) is 24.0 Å². The van der Waals surface area contributed by atoms with Gasteiger partial charge >= 0.3 is 0 Å². The Labute approximate surface area is 187 Å². The maximum absolute atomic E-state index is 12.3. The fourth-order valence-electron chi connectivity index (χ4n) is 2.30. The molecule has 3 rings (SSSR count). The molecule has 0 aliphatic heterocycles. The Balaban J connectivity index is 1.59. The summed E-state index contributed by atoms with van der Waals surface area (Å²) in [6.45, 7) is 0.877. The minimum atomic E-state index is -3.67. The van der Waals surface area contributed by atoms with Gasteiger partial charge in [0.05, 0.1) is 16.5 Å². The van der Waals surface area contributed by atoms with Crippen LogP contribution in [0.15, 0.2) is 68.9 Å². The molecule has 2 heterocycles. The second kappa shape index (κ2) is 10.3. The van der Waals surface area contributed by atoms with Crippen LogP contribution in [0.5, 0.6) is 0 Å². The summed E-state index contributed by atoms with van der Waals surface area (Å²) in [6, 6.07) is 13.4. The summed E-state index contributed by atoms with van der Waals surface area (Å²) in [7, 11) is -2.10.